The molecule has 0 aliphatic rings. The predicted octanol–water partition coefficient (Wildman–Crippen LogP) is 3.57. The smallest absolute Gasteiger partial charge is 0.188 e. The van der Waals surface area contributed by atoms with Crippen LogP contribution in [0.4, 0.5) is 0 Å². The third-order valence-corrected chi connectivity index (χ3v) is 3.89. The molecule has 0 aliphatic heterocycles. The molecule has 2 aromatic rings. The van der Waals surface area contributed by atoms with Gasteiger partial charge in [0.25, 0.3) is 0 Å². The molecule has 0 bridgehead atoms. The number of benzene rings is 2. The fourth-order valence-corrected chi connectivity index (χ4v) is 2.71. The van der Waals surface area contributed by atoms with E-state index in [2.05, 4.69) is 58.8 Å². The predicted molar refractivity (Wildman–Crippen MR) is 116 cm³/mol. The molecule has 3 N–H and O–H groups in total. The summed E-state index contributed by atoms with van der Waals surface area (Å²) < 4.78 is 5.11. The average molecular weight is 453 g/mol. The highest BCUT2D eigenvalue weighted by molar-refractivity contribution is 14.0. The van der Waals surface area contributed by atoms with E-state index in [4.69, 9.17) is 10.5 Å². The van der Waals surface area contributed by atoms with Crippen LogP contribution in [0, 0.1) is 0 Å². The van der Waals surface area contributed by atoms with Gasteiger partial charge in [-0.2, -0.15) is 0 Å². The molecular weight excluding hydrogens is 425 g/mol. The SMILES string of the molecule is COCC(C)NC(N)=NCC(Cc1ccccc1)c1ccccc1.I. The van der Waals surface area contributed by atoms with Gasteiger partial charge in [-0.05, 0) is 24.5 Å². The Morgan fingerprint density at radius 3 is 2.28 bits per heavy atom. The van der Waals surface area contributed by atoms with Crippen molar-refractivity contribution in [2.75, 3.05) is 20.3 Å². The van der Waals surface area contributed by atoms with Crippen molar-refractivity contribution in [3.8, 4) is 0 Å². The second kappa shape index (κ2) is 11.9. The quantitative estimate of drug-likeness (QED) is 0.365. The monoisotopic (exact) mass is 453 g/mol. The van der Waals surface area contributed by atoms with Gasteiger partial charge in [-0.3, -0.25) is 4.99 Å². The minimum Gasteiger partial charge on any atom is -0.383 e. The van der Waals surface area contributed by atoms with Crippen LogP contribution in [0.5, 0.6) is 0 Å². The number of hydrogen-bond donors (Lipinski definition) is 2. The van der Waals surface area contributed by atoms with Gasteiger partial charge < -0.3 is 15.8 Å². The van der Waals surface area contributed by atoms with Crippen molar-refractivity contribution >= 4 is 29.9 Å². The van der Waals surface area contributed by atoms with Gasteiger partial charge in [0.1, 0.15) is 0 Å². The fraction of sp³-hybridized carbons (Fsp3) is 0.350. The lowest BCUT2D eigenvalue weighted by atomic mass is 9.92. The van der Waals surface area contributed by atoms with Crippen LogP contribution >= 0.6 is 24.0 Å². The molecule has 0 radical (unpaired) electrons. The van der Waals surface area contributed by atoms with E-state index in [1.165, 1.54) is 11.1 Å². The van der Waals surface area contributed by atoms with Crippen LogP contribution in [0.3, 0.4) is 0 Å². The van der Waals surface area contributed by atoms with Crippen molar-refractivity contribution in [3.05, 3.63) is 71.8 Å². The van der Waals surface area contributed by atoms with Crippen molar-refractivity contribution in [1.29, 1.82) is 0 Å². The molecule has 2 unspecified atom stereocenters. The third-order valence-electron chi connectivity index (χ3n) is 3.89. The topological polar surface area (TPSA) is 59.6 Å². The van der Waals surface area contributed by atoms with Gasteiger partial charge >= 0.3 is 0 Å². The second-order valence-electron chi connectivity index (χ2n) is 6.02. The lowest BCUT2D eigenvalue weighted by Gasteiger charge is -2.17. The summed E-state index contributed by atoms with van der Waals surface area (Å²) in [6.07, 6.45) is 0.940. The minimum absolute atomic E-state index is 0. The molecule has 2 aromatic carbocycles. The van der Waals surface area contributed by atoms with Gasteiger partial charge in [-0.1, -0.05) is 60.7 Å². The number of nitrogens with one attached hydrogen (secondary N) is 1. The molecule has 0 saturated heterocycles. The Morgan fingerprint density at radius 1 is 1.08 bits per heavy atom. The van der Waals surface area contributed by atoms with Crippen LogP contribution < -0.4 is 11.1 Å². The normalized spacial score (nSPS) is 13.6. The summed E-state index contributed by atoms with van der Waals surface area (Å²) in [4.78, 5) is 4.55. The van der Waals surface area contributed by atoms with Gasteiger partial charge in [0.05, 0.1) is 6.61 Å². The zero-order valence-corrected chi connectivity index (χ0v) is 17.2. The van der Waals surface area contributed by atoms with Gasteiger partial charge in [-0.15, -0.1) is 24.0 Å². The van der Waals surface area contributed by atoms with Crippen LogP contribution in [0.25, 0.3) is 0 Å². The zero-order valence-electron chi connectivity index (χ0n) is 14.9. The van der Waals surface area contributed by atoms with Crippen molar-refractivity contribution in [2.24, 2.45) is 10.7 Å². The zero-order chi connectivity index (χ0) is 17.2. The van der Waals surface area contributed by atoms with E-state index in [1.807, 2.05) is 19.1 Å². The van der Waals surface area contributed by atoms with E-state index in [1.54, 1.807) is 7.11 Å². The van der Waals surface area contributed by atoms with Gasteiger partial charge in [0.15, 0.2) is 5.96 Å². The Kier molecular flexibility index (Phi) is 10.2. The molecule has 0 spiro atoms. The third kappa shape index (κ3) is 7.88. The summed E-state index contributed by atoms with van der Waals surface area (Å²) in [6, 6.07) is 21.1. The average Bonchev–Trinajstić information content (AvgIpc) is 2.60. The summed E-state index contributed by atoms with van der Waals surface area (Å²) in [5.41, 5.74) is 8.59. The molecule has 0 fully saturated rings. The number of hydrogen-bond acceptors (Lipinski definition) is 2. The van der Waals surface area contributed by atoms with E-state index in [-0.39, 0.29) is 30.0 Å². The molecule has 0 saturated carbocycles. The van der Waals surface area contributed by atoms with Crippen molar-refractivity contribution in [2.45, 2.75) is 25.3 Å². The summed E-state index contributed by atoms with van der Waals surface area (Å²) in [5.74, 6) is 0.764. The minimum atomic E-state index is 0. The lowest BCUT2D eigenvalue weighted by molar-refractivity contribution is 0.179. The standard InChI is InChI=1S/C20H27N3O.HI/c1-16(15-24-2)23-20(21)22-14-19(18-11-7-4-8-12-18)13-17-9-5-3-6-10-17;/h3-12,16,19H,13-15H2,1-2H3,(H3,21,22,23);1H. The van der Waals surface area contributed by atoms with E-state index >= 15 is 0 Å². The molecule has 5 heteroatoms. The first-order valence-corrected chi connectivity index (χ1v) is 8.33. The summed E-state index contributed by atoms with van der Waals surface area (Å²) in [5, 5.41) is 3.15. The summed E-state index contributed by atoms with van der Waals surface area (Å²) in [7, 11) is 1.68. The van der Waals surface area contributed by atoms with Crippen LogP contribution in [0.2, 0.25) is 0 Å². The number of guanidine groups is 1. The fourth-order valence-electron chi connectivity index (χ4n) is 2.71. The van der Waals surface area contributed by atoms with Crippen molar-refractivity contribution in [3.63, 3.8) is 0 Å². The van der Waals surface area contributed by atoms with E-state index < -0.39 is 0 Å². The largest absolute Gasteiger partial charge is 0.383 e. The number of aliphatic imine (C=N–C) groups is 1. The molecule has 4 nitrogen and oxygen atoms in total. The first-order valence-electron chi connectivity index (χ1n) is 8.33. The number of ether oxygens (including phenoxy) is 1. The molecule has 0 aliphatic carbocycles. The summed E-state index contributed by atoms with van der Waals surface area (Å²) in [6.45, 7) is 3.27. The Hall–Kier alpha value is -1.60. The van der Waals surface area contributed by atoms with Crippen LogP contribution in [-0.4, -0.2) is 32.3 Å². The molecule has 2 atom stereocenters. The van der Waals surface area contributed by atoms with E-state index in [0.717, 1.165) is 6.42 Å². The van der Waals surface area contributed by atoms with Gasteiger partial charge in [-0.25, -0.2) is 0 Å². The second-order valence-corrected chi connectivity index (χ2v) is 6.02. The molecule has 25 heavy (non-hydrogen) atoms. The summed E-state index contributed by atoms with van der Waals surface area (Å²) >= 11 is 0. The first-order chi connectivity index (χ1) is 11.7. The number of nitrogens with two attached hydrogens (primary N) is 1. The maximum atomic E-state index is 6.01. The van der Waals surface area contributed by atoms with Crippen LogP contribution in [-0.2, 0) is 11.2 Å². The first kappa shape index (κ1) is 21.4. The van der Waals surface area contributed by atoms with Crippen molar-refractivity contribution in [1.82, 2.24) is 5.32 Å². The van der Waals surface area contributed by atoms with Crippen LogP contribution in [0.1, 0.15) is 24.0 Å². The molecular formula is C20H28IN3O. The molecule has 2 rings (SSSR count). The van der Waals surface area contributed by atoms with Crippen LogP contribution in [0.15, 0.2) is 65.7 Å². The maximum absolute atomic E-state index is 6.01. The molecule has 0 amide bonds. The highest BCUT2D eigenvalue weighted by Gasteiger charge is 2.12. The number of nitrogens with zero attached hydrogens (tertiary/aromatic N) is 1. The van der Waals surface area contributed by atoms with E-state index in [9.17, 15) is 0 Å². The highest BCUT2D eigenvalue weighted by atomic mass is 127. The number of halogens is 1. The van der Waals surface area contributed by atoms with Gasteiger partial charge in [0.2, 0.25) is 0 Å². The Balaban J connectivity index is 0.00000312. The maximum Gasteiger partial charge on any atom is 0.188 e. The van der Waals surface area contributed by atoms with Crippen molar-refractivity contribution < 1.29 is 4.74 Å². The Labute approximate surface area is 167 Å². The number of methoxy groups -OCH3 is 1. The molecule has 0 aromatic heterocycles. The molecule has 136 valence electrons. The molecule has 0 heterocycles. The van der Waals surface area contributed by atoms with E-state index in [0.29, 0.717) is 25.0 Å². The van der Waals surface area contributed by atoms with Gasteiger partial charge in [0, 0.05) is 25.6 Å². The lowest BCUT2D eigenvalue weighted by Crippen LogP contribution is -2.41. The Bertz CT molecular complexity index is 619. The Morgan fingerprint density at radius 2 is 1.68 bits per heavy atom. The highest BCUT2D eigenvalue weighted by Crippen LogP contribution is 2.21. The number of rotatable bonds is 8.